The topological polar surface area (TPSA) is 49.3 Å². The van der Waals surface area contributed by atoms with Gasteiger partial charge in [0.05, 0.1) is 11.4 Å². The predicted molar refractivity (Wildman–Crippen MR) is 96.9 cm³/mol. The van der Waals surface area contributed by atoms with Crippen LogP contribution in [0, 0.1) is 0 Å². The molecule has 1 fully saturated rings. The average molecular weight is 342 g/mol. The number of benzene rings is 1. The number of aromatic nitrogens is 2. The zero-order valence-corrected chi connectivity index (χ0v) is 14.7. The van der Waals surface area contributed by atoms with Crippen LogP contribution in [0.5, 0.6) is 0 Å². The third kappa shape index (κ3) is 4.33. The van der Waals surface area contributed by atoms with E-state index in [0.717, 1.165) is 49.0 Å². The van der Waals surface area contributed by atoms with Gasteiger partial charge in [0.25, 0.3) is 0 Å². The molecule has 0 aliphatic carbocycles. The Morgan fingerprint density at radius 2 is 1.79 bits per heavy atom. The molecular formula is C18H22N4OS. The largest absolute Gasteiger partial charge is 0.339 e. The predicted octanol–water partition coefficient (Wildman–Crippen LogP) is 2.40. The fourth-order valence-corrected chi connectivity index (χ4v) is 3.42. The molecule has 1 saturated heterocycles. The van der Waals surface area contributed by atoms with E-state index in [-0.39, 0.29) is 5.91 Å². The Kier molecular flexibility index (Phi) is 5.82. The van der Waals surface area contributed by atoms with Crippen LogP contribution in [0.15, 0.2) is 47.5 Å². The van der Waals surface area contributed by atoms with Gasteiger partial charge in [-0.3, -0.25) is 4.79 Å². The van der Waals surface area contributed by atoms with Gasteiger partial charge >= 0.3 is 0 Å². The first-order chi connectivity index (χ1) is 11.8. The average Bonchev–Trinajstić information content (AvgIpc) is 2.67. The summed E-state index contributed by atoms with van der Waals surface area (Å²) in [7, 11) is 0. The van der Waals surface area contributed by atoms with Crippen molar-refractivity contribution in [2.24, 2.45) is 0 Å². The van der Waals surface area contributed by atoms with Crippen LogP contribution in [-0.2, 0) is 4.79 Å². The van der Waals surface area contributed by atoms with E-state index in [9.17, 15) is 4.79 Å². The van der Waals surface area contributed by atoms with Gasteiger partial charge in [-0.25, -0.2) is 0 Å². The highest BCUT2D eigenvalue weighted by Gasteiger charge is 2.20. The van der Waals surface area contributed by atoms with Crippen molar-refractivity contribution in [1.82, 2.24) is 20.0 Å². The lowest BCUT2D eigenvalue weighted by molar-refractivity contribution is -0.130. The molecule has 0 atom stereocenters. The molecule has 0 unspecified atom stereocenters. The van der Waals surface area contributed by atoms with Crippen LogP contribution in [0.1, 0.15) is 6.92 Å². The summed E-state index contributed by atoms with van der Waals surface area (Å²) in [5.74, 6) is 0.607. The summed E-state index contributed by atoms with van der Waals surface area (Å²) in [6.45, 7) is 6.81. The minimum Gasteiger partial charge on any atom is -0.339 e. The smallest absolute Gasteiger partial charge is 0.233 e. The van der Waals surface area contributed by atoms with Gasteiger partial charge < -0.3 is 9.80 Å². The van der Waals surface area contributed by atoms with Crippen molar-refractivity contribution in [3.63, 3.8) is 0 Å². The summed E-state index contributed by atoms with van der Waals surface area (Å²) in [6, 6.07) is 13.9. The molecule has 0 spiro atoms. The second kappa shape index (κ2) is 8.26. The second-order valence-electron chi connectivity index (χ2n) is 5.73. The molecule has 0 radical (unpaired) electrons. The summed E-state index contributed by atoms with van der Waals surface area (Å²) >= 11 is 1.45. The molecular weight excluding hydrogens is 320 g/mol. The van der Waals surface area contributed by atoms with E-state index >= 15 is 0 Å². The first-order valence-electron chi connectivity index (χ1n) is 8.28. The van der Waals surface area contributed by atoms with E-state index in [1.165, 1.54) is 11.8 Å². The number of rotatable bonds is 5. The van der Waals surface area contributed by atoms with Crippen molar-refractivity contribution in [3.8, 4) is 11.3 Å². The van der Waals surface area contributed by atoms with Gasteiger partial charge in [0, 0.05) is 31.7 Å². The van der Waals surface area contributed by atoms with Crippen LogP contribution in [-0.4, -0.2) is 64.4 Å². The summed E-state index contributed by atoms with van der Waals surface area (Å²) in [6.07, 6.45) is 0. The van der Waals surface area contributed by atoms with Gasteiger partial charge in [-0.05, 0) is 18.7 Å². The molecule has 6 heteroatoms. The van der Waals surface area contributed by atoms with Gasteiger partial charge in [0.15, 0.2) is 0 Å². The minimum atomic E-state index is 0.185. The number of carbonyl (C=O) groups is 1. The van der Waals surface area contributed by atoms with Gasteiger partial charge in [-0.1, -0.05) is 49.0 Å². The SMILES string of the molecule is CCN1CCN(C(=O)CSc2ccc(-c3ccccc3)nn2)CC1. The van der Waals surface area contributed by atoms with E-state index in [0.29, 0.717) is 5.75 Å². The molecule has 1 aliphatic rings. The second-order valence-corrected chi connectivity index (χ2v) is 6.72. The van der Waals surface area contributed by atoms with E-state index in [1.807, 2.05) is 47.4 Å². The molecule has 0 saturated carbocycles. The van der Waals surface area contributed by atoms with E-state index in [2.05, 4.69) is 22.0 Å². The molecule has 0 N–H and O–H groups in total. The summed E-state index contributed by atoms with van der Waals surface area (Å²) in [5.41, 5.74) is 1.90. The van der Waals surface area contributed by atoms with Gasteiger partial charge in [-0.2, -0.15) is 0 Å². The fourth-order valence-electron chi connectivity index (χ4n) is 2.70. The Balaban J connectivity index is 1.51. The minimum absolute atomic E-state index is 0.185. The van der Waals surface area contributed by atoms with Crippen molar-refractivity contribution < 1.29 is 4.79 Å². The van der Waals surface area contributed by atoms with Crippen molar-refractivity contribution in [1.29, 1.82) is 0 Å². The van der Waals surface area contributed by atoms with Crippen LogP contribution in [0.25, 0.3) is 11.3 Å². The van der Waals surface area contributed by atoms with Crippen LogP contribution in [0.4, 0.5) is 0 Å². The molecule has 0 bridgehead atoms. The van der Waals surface area contributed by atoms with Crippen molar-refractivity contribution in [2.45, 2.75) is 11.9 Å². The number of nitrogens with zero attached hydrogens (tertiary/aromatic N) is 4. The molecule has 24 heavy (non-hydrogen) atoms. The lowest BCUT2D eigenvalue weighted by atomic mass is 10.1. The number of hydrogen-bond donors (Lipinski definition) is 0. The van der Waals surface area contributed by atoms with E-state index in [4.69, 9.17) is 0 Å². The number of thioether (sulfide) groups is 1. The molecule has 3 rings (SSSR count). The number of carbonyl (C=O) groups excluding carboxylic acids is 1. The maximum Gasteiger partial charge on any atom is 0.233 e. The van der Waals surface area contributed by atoms with E-state index in [1.54, 1.807) is 0 Å². The lowest BCUT2D eigenvalue weighted by Crippen LogP contribution is -2.49. The first-order valence-corrected chi connectivity index (χ1v) is 9.27. The third-order valence-electron chi connectivity index (χ3n) is 4.23. The highest BCUT2D eigenvalue weighted by atomic mass is 32.2. The van der Waals surface area contributed by atoms with E-state index < -0.39 is 0 Å². The van der Waals surface area contributed by atoms with Crippen LogP contribution in [0.2, 0.25) is 0 Å². The lowest BCUT2D eigenvalue weighted by Gasteiger charge is -2.34. The van der Waals surface area contributed by atoms with Crippen LogP contribution >= 0.6 is 11.8 Å². The molecule has 1 aromatic carbocycles. The standard InChI is InChI=1S/C18H22N4OS/c1-2-21-10-12-22(13-11-21)18(23)14-24-17-9-8-16(19-20-17)15-6-4-3-5-7-15/h3-9H,2,10-14H2,1H3. The van der Waals surface area contributed by atoms with Crippen molar-refractivity contribution in [2.75, 3.05) is 38.5 Å². The van der Waals surface area contributed by atoms with Crippen molar-refractivity contribution >= 4 is 17.7 Å². The van der Waals surface area contributed by atoms with Gasteiger partial charge in [0.1, 0.15) is 5.03 Å². The Morgan fingerprint density at radius 1 is 1.04 bits per heavy atom. The highest BCUT2D eigenvalue weighted by Crippen LogP contribution is 2.20. The number of hydrogen-bond acceptors (Lipinski definition) is 5. The number of amides is 1. The Hall–Kier alpha value is -1.92. The molecule has 1 aliphatic heterocycles. The van der Waals surface area contributed by atoms with Crippen LogP contribution in [0.3, 0.4) is 0 Å². The Morgan fingerprint density at radius 3 is 2.42 bits per heavy atom. The van der Waals surface area contributed by atoms with Gasteiger partial charge in [0.2, 0.25) is 5.91 Å². The maximum atomic E-state index is 12.3. The highest BCUT2D eigenvalue weighted by molar-refractivity contribution is 7.99. The molecule has 1 amide bonds. The maximum absolute atomic E-state index is 12.3. The normalized spacial score (nSPS) is 15.5. The summed E-state index contributed by atoms with van der Waals surface area (Å²) in [4.78, 5) is 16.6. The zero-order chi connectivity index (χ0) is 16.8. The molecule has 2 heterocycles. The first kappa shape index (κ1) is 16.9. The van der Waals surface area contributed by atoms with Crippen molar-refractivity contribution in [3.05, 3.63) is 42.5 Å². The molecule has 2 aromatic rings. The zero-order valence-electron chi connectivity index (χ0n) is 13.9. The molecule has 5 nitrogen and oxygen atoms in total. The fraction of sp³-hybridized carbons (Fsp3) is 0.389. The Bertz CT molecular complexity index is 654. The monoisotopic (exact) mass is 342 g/mol. The summed E-state index contributed by atoms with van der Waals surface area (Å²) in [5, 5.41) is 9.28. The molecule has 1 aromatic heterocycles. The quantitative estimate of drug-likeness (QED) is 0.781. The van der Waals surface area contributed by atoms with Crippen LogP contribution < -0.4 is 0 Å². The summed E-state index contributed by atoms with van der Waals surface area (Å²) < 4.78 is 0. The molecule has 126 valence electrons. The number of piperazine rings is 1. The third-order valence-corrected chi connectivity index (χ3v) is 5.13. The number of likely N-dealkylation sites (N-methyl/N-ethyl adjacent to an activating group) is 1. The van der Waals surface area contributed by atoms with Gasteiger partial charge in [-0.15, -0.1) is 10.2 Å². The Labute approximate surface area is 147 Å².